The van der Waals surface area contributed by atoms with Gasteiger partial charge in [0.05, 0.1) is 23.0 Å². The Morgan fingerprint density at radius 3 is 2.59 bits per heavy atom. The van der Waals surface area contributed by atoms with Crippen molar-refractivity contribution in [1.82, 2.24) is 14.8 Å². The minimum atomic E-state index is -4.46. The maximum atomic E-state index is 12.7. The molecule has 0 radical (unpaired) electrons. The summed E-state index contributed by atoms with van der Waals surface area (Å²) in [5.74, 6) is -0.147. The lowest BCUT2D eigenvalue weighted by Gasteiger charge is -2.09. The molecule has 2 heterocycles. The first-order valence-electron chi connectivity index (χ1n) is 8.28. The summed E-state index contributed by atoms with van der Waals surface area (Å²) < 4.78 is 39.3. The number of alkyl halides is 3. The van der Waals surface area contributed by atoms with Gasteiger partial charge in [-0.25, -0.2) is 9.67 Å². The number of benzene rings is 1. The number of rotatable bonds is 4. The Morgan fingerprint density at radius 1 is 1.19 bits per heavy atom. The zero-order valence-electron chi connectivity index (χ0n) is 14.7. The van der Waals surface area contributed by atoms with Gasteiger partial charge < -0.3 is 5.32 Å². The lowest BCUT2D eigenvalue weighted by atomic mass is 10.1. The minimum Gasteiger partial charge on any atom is -0.322 e. The fourth-order valence-electron chi connectivity index (χ4n) is 2.61. The number of nitrogens with zero attached hydrogens (tertiary/aromatic N) is 3. The second kappa shape index (κ2) is 7.22. The number of hydrogen-bond donors (Lipinski definition) is 1. The standard InChI is InChI=1S/C19H17F3N4O/c1-3-13-5-4-6-15(9-13)25-18(27)16-11-24-26(12(16)2)17-8-7-14(10-23-17)19(20,21)22/h4-11H,3H2,1-2H3,(H,25,27). The van der Waals surface area contributed by atoms with Crippen LogP contribution in [0, 0.1) is 6.92 Å². The predicted octanol–water partition coefficient (Wildman–Crippen LogP) is 4.41. The first-order valence-corrected chi connectivity index (χ1v) is 8.28. The summed E-state index contributed by atoms with van der Waals surface area (Å²) in [6, 6.07) is 9.64. The van der Waals surface area contributed by atoms with E-state index in [0.29, 0.717) is 16.9 Å². The Bertz CT molecular complexity index is 962. The fraction of sp³-hybridized carbons (Fsp3) is 0.211. The fourth-order valence-corrected chi connectivity index (χ4v) is 2.61. The Balaban J connectivity index is 1.83. The third-order valence-corrected chi connectivity index (χ3v) is 4.14. The number of carbonyl (C=O) groups excluding carboxylic acids is 1. The minimum absolute atomic E-state index is 0.201. The molecular formula is C19H17F3N4O. The molecule has 27 heavy (non-hydrogen) atoms. The highest BCUT2D eigenvalue weighted by molar-refractivity contribution is 6.05. The number of amides is 1. The van der Waals surface area contributed by atoms with Crippen molar-refractivity contribution in [3.8, 4) is 5.82 Å². The molecular weight excluding hydrogens is 357 g/mol. The van der Waals surface area contributed by atoms with Crippen molar-refractivity contribution in [2.45, 2.75) is 26.4 Å². The molecule has 1 N–H and O–H groups in total. The van der Waals surface area contributed by atoms with Crippen molar-refractivity contribution in [2.75, 3.05) is 5.32 Å². The Morgan fingerprint density at radius 2 is 1.96 bits per heavy atom. The molecule has 140 valence electrons. The van der Waals surface area contributed by atoms with Crippen molar-refractivity contribution < 1.29 is 18.0 Å². The number of nitrogens with one attached hydrogen (secondary N) is 1. The zero-order valence-corrected chi connectivity index (χ0v) is 14.7. The normalized spacial score (nSPS) is 11.4. The number of anilines is 1. The molecule has 8 heteroatoms. The summed E-state index contributed by atoms with van der Waals surface area (Å²) in [7, 11) is 0. The lowest BCUT2D eigenvalue weighted by Crippen LogP contribution is -2.13. The highest BCUT2D eigenvalue weighted by atomic mass is 19.4. The second-order valence-electron chi connectivity index (χ2n) is 5.97. The van der Waals surface area contributed by atoms with Gasteiger partial charge in [0.25, 0.3) is 5.91 Å². The Kier molecular flexibility index (Phi) is 4.98. The van der Waals surface area contributed by atoms with E-state index in [1.54, 1.807) is 13.0 Å². The van der Waals surface area contributed by atoms with Crippen LogP contribution >= 0.6 is 0 Å². The van der Waals surface area contributed by atoms with Gasteiger partial charge in [-0.05, 0) is 43.2 Å². The van der Waals surface area contributed by atoms with Crippen molar-refractivity contribution in [3.05, 3.63) is 71.2 Å². The highest BCUT2D eigenvalue weighted by Gasteiger charge is 2.30. The lowest BCUT2D eigenvalue weighted by molar-refractivity contribution is -0.137. The highest BCUT2D eigenvalue weighted by Crippen LogP contribution is 2.28. The van der Waals surface area contributed by atoms with E-state index in [0.717, 1.165) is 24.2 Å². The van der Waals surface area contributed by atoms with Gasteiger partial charge in [0.1, 0.15) is 0 Å². The third-order valence-electron chi connectivity index (χ3n) is 4.14. The molecule has 0 aliphatic heterocycles. The van der Waals surface area contributed by atoms with Crippen LogP contribution in [0.15, 0.2) is 48.8 Å². The Labute approximate surface area is 153 Å². The van der Waals surface area contributed by atoms with Gasteiger partial charge >= 0.3 is 6.18 Å². The van der Waals surface area contributed by atoms with E-state index in [2.05, 4.69) is 15.4 Å². The summed E-state index contributed by atoms with van der Waals surface area (Å²) >= 11 is 0. The number of aryl methyl sites for hydroxylation is 1. The summed E-state index contributed by atoms with van der Waals surface area (Å²) in [6.07, 6.45) is -1.50. The van der Waals surface area contributed by atoms with Crippen molar-refractivity contribution in [3.63, 3.8) is 0 Å². The van der Waals surface area contributed by atoms with Crippen LogP contribution in [0.1, 0.15) is 34.1 Å². The van der Waals surface area contributed by atoms with Crippen LogP contribution in [0.25, 0.3) is 5.82 Å². The molecule has 0 spiro atoms. The molecule has 0 aliphatic carbocycles. The van der Waals surface area contributed by atoms with Gasteiger partial charge in [-0.15, -0.1) is 0 Å². The summed E-state index contributed by atoms with van der Waals surface area (Å²) in [6.45, 7) is 3.68. The monoisotopic (exact) mass is 374 g/mol. The molecule has 1 aromatic carbocycles. The molecule has 3 aromatic rings. The number of carbonyl (C=O) groups is 1. The molecule has 3 rings (SSSR count). The SMILES string of the molecule is CCc1cccc(NC(=O)c2cnn(-c3ccc(C(F)(F)F)cn3)c2C)c1. The van der Waals surface area contributed by atoms with Gasteiger partial charge in [0.2, 0.25) is 0 Å². The Hall–Kier alpha value is -3.16. The van der Waals surface area contributed by atoms with Crippen LogP contribution in [0.5, 0.6) is 0 Å². The molecule has 1 amide bonds. The van der Waals surface area contributed by atoms with Crippen LogP contribution in [0.3, 0.4) is 0 Å². The largest absolute Gasteiger partial charge is 0.417 e. The topological polar surface area (TPSA) is 59.8 Å². The first kappa shape index (κ1) is 18.6. The van der Waals surface area contributed by atoms with Gasteiger partial charge in [-0.3, -0.25) is 4.79 Å². The molecule has 0 bridgehead atoms. The molecule has 2 aromatic heterocycles. The van der Waals surface area contributed by atoms with E-state index in [9.17, 15) is 18.0 Å². The van der Waals surface area contributed by atoms with E-state index < -0.39 is 11.7 Å². The molecule has 0 saturated carbocycles. The van der Waals surface area contributed by atoms with Crippen LogP contribution in [-0.4, -0.2) is 20.7 Å². The third kappa shape index (κ3) is 3.99. The van der Waals surface area contributed by atoms with E-state index in [1.165, 1.54) is 16.9 Å². The predicted molar refractivity (Wildman–Crippen MR) is 94.9 cm³/mol. The maximum absolute atomic E-state index is 12.7. The molecule has 0 fully saturated rings. The number of hydrogen-bond acceptors (Lipinski definition) is 3. The molecule has 0 saturated heterocycles. The van der Waals surface area contributed by atoms with Crippen molar-refractivity contribution in [1.29, 1.82) is 0 Å². The molecule has 0 atom stereocenters. The second-order valence-corrected chi connectivity index (χ2v) is 5.97. The van der Waals surface area contributed by atoms with E-state index in [1.807, 2.05) is 25.1 Å². The van der Waals surface area contributed by atoms with Crippen LogP contribution < -0.4 is 5.32 Å². The van der Waals surface area contributed by atoms with Gasteiger partial charge in [0, 0.05) is 11.9 Å². The van der Waals surface area contributed by atoms with Gasteiger partial charge in [-0.1, -0.05) is 19.1 Å². The summed E-state index contributed by atoms with van der Waals surface area (Å²) in [5.41, 5.74) is 1.71. The average molecular weight is 374 g/mol. The molecule has 5 nitrogen and oxygen atoms in total. The van der Waals surface area contributed by atoms with Crippen LogP contribution in [0.2, 0.25) is 0 Å². The van der Waals surface area contributed by atoms with E-state index in [4.69, 9.17) is 0 Å². The number of aromatic nitrogens is 3. The smallest absolute Gasteiger partial charge is 0.322 e. The molecule has 0 unspecified atom stereocenters. The summed E-state index contributed by atoms with van der Waals surface area (Å²) in [5, 5.41) is 6.89. The van der Waals surface area contributed by atoms with E-state index in [-0.39, 0.29) is 11.7 Å². The maximum Gasteiger partial charge on any atom is 0.417 e. The quantitative estimate of drug-likeness (QED) is 0.736. The number of halogens is 3. The average Bonchev–Trinajstić information content (AvgIpc) is 3.03. The van der Waals surface area contributed by atoms with Crippen LogP contribution in [0.4, 0.5) is 18.9 Å². The van der Waals surface area contributed by atoms with E-state index >= 15 is 0 Å². The van der Waals surface area contributed by atoms with Gasteiger partial charge in [0.15, 0.2) is 5.82 Å². The summed E-state index contributed by atoms with van der Waals surface area (Å²) in [4.78, 5) is 16.3. The van der Waals surface area contributed by atoms with Crippen LogP contribution in [-0.2, 0) is 12.6 Å². The van der Waals surface area contributed by atoms with Gasteiger partial charge in [-0.2, -0.15) is 18.3 Å². The van der Waals surface area contributed by atoms with Crippen molar-refractivity contribution >= 4 is 11.6 Å². The van der Waals surface area contributed by atoms with Crippen molar-refractivity contribution in [2.24, 2.45) is 0 Å². The first-order chi connectivity index (χ1) is 12.8. The number of pyridine rings is 1. The zero-order chi connectivity index (χ0) is 19.6. The molecule has 0 aliphatic rings.